The number of hydrogen-bond acceptors (Lipinski definition) is 5. The van der Waals surface area contributed by atoms with Crippen LogP contribution in [-0.4, -0.2) is 41.8 Å². The molecule has 0 radical (unpaired) electrons. The van der Waals surface area contributed by atoms with Crippen molar-refractivity contribution >= 4 is 18.0 Å². The molecule has 3 rings (SSSR count). The van der Waals surface area contributed by atoms with E-state index in [2.05, 4.69) is 28.8 Å². The predicted molar refractivity (Wildman–Crippen MR) is 131 cm³/mol. The van der Waals surface area contributed by atoms with Crippen molar-refractivity contribution in [2.24, 2.45) is 0 Å². The molecule has 35 heavy (non-hydrogen) atoms. The van der Waals surface area contributed by atoms with Crippen LogP contribution in [0.4, 0.5) is 4.79 Å². The first kappa shape index (κ1) is 25.8. The van der Waals surface area contributed by atoms with Gasteiger partial charge in [-0.3, -0.25) is 9.59 Å². The van der Waals surface area contributed by atoms with Crippen LogP contribution in [0.25, 0.3) is 11.1 Å². The summed E-state index contributed by atoms with van der Waals surface area (Å²) in [7, 11) is 0. The lowest BCUT2D eigenvalue weighted by Crippen LogP contribution is -2.49. The number of carbonyl (C=O) groups excluding carboxylic acids is 2. The van der Waals surface area contributed by atoms with E-state index in [1.165, 1.54) is 0 Å². The Kier molecular flexibility index (Phi) is 9.24. The molecule has 2 aromatic carbocycles. The molecule has 0 aliphatic heterocycles. The highest BCUT2D eigenvalue weighted by atomic mass is 16.5. The largest absolute Gasteiger partial charge is 0.481 e. The first-order valence-electron chi connectivity index (χ1n) is 11.9. The molecule has 2 amide bonds. The average Bonchev–Trinajstić information content (AvgIpc) is 3.17. The molecule has 8 heteroatoms. The second-order valence-corrected chi connectivity index (χ2v) is 8.77. The van der Waals surface area contributed by atoms with Gasteiger partial charge in [0.15, 0.2) is 0 Å². The van der Waals surface area contributed by atoms with Crippen molar-refractivity contribution in [3.8, 4) is 17.2 Å². The minimum Gasteiger partial charge on any atom is -0.481 e. The van der Waals surface area contributed by atoms with Crippen molar-refractivity contribution < 1.29 is 24.2 Å². The standard InChI is InChI=1S/C27H31N3O5/c1-18(14-15-25(31)32)29-26(33)24(13-3-2-8-16-28)30-27(34)35-17-23-21-11-6-4-9-19(21)20-10-5-7-12-22(20)23/h4-7,9-12,18,23-24H,2-3,8,13-15,17H2,1H3,(H,29,33)(H,30,34)(H,31,32). The summed E-state index contributed by atoms with van der Waals surface area (Å²) in [5.74, 6) is -1.42. The van der Waals surface area contributed by atoms with Crippen LogP contribution >= 0.6 is 0 Å². The van der Waals surface area contributed by atoms with Gasteiger partial charge in [0.2, 0.25) is 5.91 Å². The van der Waals surface area contributed by atoms with Gasteiger partial charge in [0.25, 0.3) is 0 Å². The fourth-order valence-electron chi connectivity index (χ4n) is 4.36. The van der Waals surface area contributed by atoms with E-state index in [0.717, 1.165) is 22.3 Å². The number of fused-ring (bicyclic) bond motifs is 3. The van der Waals surface area contributed by atoms with Gasteiger partial charge < -0.3 is 20.5 Å². The molecule has 0 heterocycles. The van der Waals surface area contributed by atoms with Crippen LogP contribution in [0, 0.1) is 11.3 Å². The molecule has 0 fully saturated rings. The Morgan fingerprint density at radius 3 is 2.23 bits per heavy atom. The third kappa shape index (κ3) is 7.06. The minimum atomic E-state index is -0.934. The lowest BCUT2D eigenvalue weighted by molar-refractivity contribution is -0.137. The van der Waals surface area contributed by atoms with Gasteiger partial charge in [-0.2, -0.15) is 5.26 Å². The fraction of sp³-hybridized carbons (Fsp3) is 0.407. The summed E-state index contributed by atoms with van der Waals surface area (Å²) in [5, 5.41) is 23.0. The Balaban J connectivity index is 1.61. The first-order valence-corrected chi connectivity index (χ1v) is 11.9. The number of benzene rings is 2. The second kappa shape index (κ2) is 12.6. The zero-order valence-electron chi connectivity index (χ0n) is 19.8. The number of nitrogens with one attached hydrogen (secondary N) is 2. The normalized spacial score (nSPS) is 13.6. The van der Waals surface area contributed by atoms with Crippen LogP contribution in [0.1, 0.15) is 62.5 Å². The van der Waals surface area contributed by atoms with Gasteiger partial charge >= 0.3 is 12.1 Å². The lowest BCUT2D eigenvalue weighted by Gasteiger charge is -2.22. The van der Waals surface area contributed by atoms with E-state index >= 15 is 0 Å². The lowest BCUT2D eigenvalue weighted by atomic mass is 9.98. The quantitative estimate of drug-likeness (QED) is 0.390. The number of unbranched alkanes of at least 4 members (excludes halogenated alkanes) is 2. The number of ether oxygens (including phenoxy) is 1. The van der Waals surface area contributed by atoms with E-state index in [1.54, 1.807) is 6.92 Å². The average molecular weight is 478 g/mol. The molecule has 2 unspecified atom stereocenters. The molecule has 0 saturated carbocycles. The number of carbonyl (C=O) groups is 3. The van der Waals surface area contributed by atoms with Gasteiger partial charge in [0.05, 0.1) is 6.07 Å². The number of nitrogens with zero attached hydrogens (tertiary/aromatic N) is 1. The van der Waals surface area contributed by atoms with Crippen molar-refractivity contribution in [2.45, 2.75) is 63.5 Å². The highest BCUT2D eigenvalue weighted by Crippen LogP contribution is 2.44. The molecule has 0 bridgehead atoms. The molecule has 0 saturated heterocycles. The third-order valence-electron chi connectivity index (χ3n) is 6.16. The Hall–Kier alpha value is -3.86. The summed E-state index contributed by atoms with van der Waals surface area (Å²) in [4.78, 5) is 36.3. The van der Waals surface area contributed by atoms with E-state index in [0.29, 0.717) is 25.7 Å². The van der Waals surface area contributed by atoms with Crippen molar-refractivity contribution in [3.05, 3.63) is 59.7 Å². The van der Waals surface area contributed by atoms with Crippen LogP contribution in [0.15, 0.2) is 48.5 Å². The summed E-state index contributed by atoms with van der Waals surface area (Å²) < 4.78 is 5.57. The molecule has 2 aromatic rings. The number of carboxylic acids is 1. The van der Waals surface area contributed by atoms with E-state index < -0.39 is 24.0 Å². The van der Waals surface area contributed by atoms with E-state index in [1.807, 2.05) is 36.4 Å². The SMILES string of the molecule is CC(CCC(=O)O)NC(=O)C(CCCCC#N)NC(=O)OCC1c2ccccc2-c2ccccc21. The molecule has 2 atom stereocenters. The molecule has 3 N–H and O–H groups in total. The summed E-state index contributed by atoms with van der Waals surface area (Å²) >= 11 is 0. The van der Waals surface area contributed by atoms with Gasteiger partial charge in [-0.25, -0.2) is 4.79 Å². The Bertz CT molecular complexity index is 1050. The van der Waals surface area contributed by atoms with Crippen LogP contribution in [0.3, 0.4) is 0 Å². The molecule has 184 valence electrons. The molecule has 1 aliphatic carbocycles. The number of alkyl carbamates (subject to hydrolysis) is 1. The smallest absolute Gasteiger partial charge is 0.407 e. The molecule has 0 spiro atoms. The zero-order valence-corrected chi connectivity index (χ0v) is 19.8. The summed E-state index contributed by atoms with van der Waals surface area (Å²) in [6, 6.07) is 17.0. The Morgan fingerprint density at radius 2 is 1.63 bits per heavy atom. The maximum Gasteiger partial charge on any atom is 0.407 e. The highest BCUT2D eigenvalue weighted by molar-refractivity contribution is 5.86. The summed E-state index contributed by atoms with van der Waals surface area (Å²) in [6.45, 7) is 1.86. The summed E-state index contributed by atoms with van der Waals surface area (Å²) in [6.07, 6.45) is 1.45. The van der Waals surface area contributed by atoms with E-state index in [4.69, 9.17) is 15.1 Å². The van der Waals surface area contributed by atoms with Gasteiger partial charge in [0, 0.05) is 24.8 Å². The van der Waals surface area contributed by atoms with E-state index in [-0.39, 0.29) is 31.4 Å². The number of amides is 2. The highest BCUT2D eigenvalue weighted by Gasteiger charge is 2.30. The second-order valence-electron chi connectivity index (χ2n) is 8.77. The van der Waals surface area contributed by atoms with Crippen molar-refractivity contribution in [2.75, 3.05) is 6.61 Å². The fourth-order valence-corrected chi connectivity index (χ4v) is 4.36. The van der Waals surface area contributed by atoms with Gasteiger partial charge in [-0.15, -0.1) is 0 Å². The molecular weight excluding hydrogens is 446 g/mol. The molecule has 1 aliphatic rings. The maximum atomic E-state index is 12.8. The third-order valence-corrected chi connectivity index (χ3v) is 6.16. The van der Waals surface area contributed by atoms with Gasteiger partial charge in [0.1, 0.15) is 12.6 Å². The number of nitriles is 1. The predicted octanol–water partition coefficient (Wildman–Crippen LogP) is 4.35. The monoisotopic (exact) mass is 477 g/mol. The van der Waals surface area contributed by atoms with Gasteiger partial charge in [-0.05, 0) is 54.9 Å². The van der Waals surface area contributed by atoms with Crippen LogP contribution in [-0.2, 0) is 14.3 Å². The summed E-state index contributed by atoms with van der Waals surface area (Å²) in [5.41, 5.74) is 4.45. The number of hydrogen-bond donors (Lipinski definition) is 3. The van der Waals surface area contributed by atoms with Crippen molar-refractivity contribution in [1.82, 2.24) is 10.6 Å². The Labute approximate surface area is 205 Å². The van der Waals surface area contributed by atoms with Gasteiger partial charge in [-0.1, -0.05) is 48.5 Å². The van der Waals surface area contributed by atoms with E-state index in [9.17, 15) is 14.4 Å². The van der Waals surface area contributed by atoms with Crippen molar-refractivity contribution in [3.63, 3.8) is 0 Å². The van der Waals surface area contributed by atoms with Crippen LogP contribution in [0.5, 0.6) is 0 Å². The van der Waals surface area contributed by atoms with Crippen LogP contribution < -0.4 is 10.6 Å². The first-order chi connectivity index (χ1) is 16.9. The molecule has 0 aromatic heterocycles. The molecule has 8 nitrogen and oxygen atoms in total. The maximum absolute atomic E-state index is 12.8. The number of rotatable bonds is 12. The minimum absolute atomic E-state index is 0.0614. The topological polar surface area (TPSA) is 129 Å². The Morgan fingerprint density at radius 1 is 1.00 bits per heavy atom. The zero-order chi connectivity index (χ0) is 25.2. The number of carboxylic acid groups (broad SMARTS) is 1. The number of aliphatic carboxylic acids is 1. The van der Waals surface area contributed by atoms with Crippen LogP contribution in [0.2, 0.25) is 0 Å². The van der Waals surface area contributed by atoms with Crippen molar-refractivity contribution in [1.29, 1.82) is 5.26 Å². The molecular formula is C27H31N3O5.